The quantitative estimate of drug-likeness (QED) is 0.419. The van der Waals surface area contributed by atoms with Crippen molar-refractivity contribution in [3.05, 3.63) is 57.6 Å². The van der Waals surface area contributed by atoms with Crippen LogP contribution in [-0.2, 0) is 51.9 Å². The Morgan fingerprint density at radius 2 is 0.920 bits per heavy atom. The maximum atomic E-state index is 2.33. The molecule has 0 nitrogen and oxygen atoms in total. The van der Waals surface area contributed by atoms with E-state index in [0.717, 1.165) is 0 Å². The number of fused-ring (bicyclic) bond motifs is 2. The summed E-state index contributed by atoms with van der Waals surface area (Å²) in [6, 6.07) is 9.23. The van der Waals surface area contributed by atoms with Crippen LogP contribution in [0.3, 0.4) is 0 Å². The molecule has 0 atom stereocenters. The molecule has 0 fully saturated rings. The van der Waals surface area contributed by atoms with E-state index >= 15 is 0 Å². The third kappa shape index (κ3) is 5.78. The van der Waals surface area contributed by atoms with E-state index in [-0.39, 0.29) is 26.2 Å². The molecule has 1 heteroatoms. The van der Waals surface area contributed by atoms with Crippen molar-refractivity contribution in [3.8, 4) is 0 Å². The van der Waals surface area contributed by atoms with Crippen LogP contribution >= 0.6 is 0 Å². The van der Waals surface area contributed by atoms with Crippen LogP contribution in [0.15, 0.2) is 24.3 Å². The van der Waals surface area contributed by atoms with Crippen molar-refractivity contribution in [2.24, 2.45) is 0 Å². The van der Waals surface area contributed by atoms with Gasteiger partial charge in [0.1, 0.15) is 0 Å². The van der Waals surface area contributed by atoms with Crippen LogP contribution < -0.4 is 0 Å². The fraction of sp³-hybridized carbons (Fsp3) is 0.583. The van der Waals surface area contributed by atoms with Crippen molar-refractivity contribution in [1.29, 1.82) is 0 Å². The van der Waals surface area contributed by atoms with Gasteiger partial charge in [-0.25, -0.2) is 12.1 Å². The fourth-order valence-electron chi connectivity index (χ4n) is 4.49. The molecular weight excluding hydrogens is 379 g/mol. The van der Waals surface area contributed by atoms with Gasteiger partial charge in [-0.3, -0.25) is 0 Å². The van der Waals surface area contributed by atoms with E-state index < -0.39 is 0 Å². The van der Waals surface area contributed by atoms with E-state index in [9.17, 15) is 0 Å². The van der Waals surface area contributed by atoms with Gasteiger partial charge >= 0.3 is 26.2 Å². The number of rotatable bonds is 0. The molecular formula is C24H34Zr. The summed E-state index contributed by atoms with van der Waals surface area (Å²) in [7, 11) is 0. The first-order valence-electron chi connectivity index (χ1n) is 10.2. The Kier molecular flexibility index (Phi) is 8.91. The van der Waals surface area contributed by atoms with Gasteiger partial charge in [0.15, 0.2) is 0 Å². The minimum atomic E-state index is 0. The maximum Gasteiger partial charge on any atom is 2.00 e. The summed E-state index contributed by atoms with van der Waals surface area (Å²) in [5.74, 6) is 0. The predicted octanol–water partition coefficient (Wildman–Crippen LogP) is 6.74. The Labute approximate surface area is 174 Å². The summed E-state index contributed by atoms with van der Waals surface area (Å²) in [5.41, 5.74) is 9.63. The molecule has 0 bridgehead atoms. The van der Waals surface area contributed by atoms with Gasteiger partial charge in [-0.15, -0.1) is 0 Å². The summed E-state index contributed by atoms with van der Waals surface area (Å²) < 4.78 is 0. The molecule has 0 saturated carbocycles. The Bertz CT molecular complexity index is 572. The van der Waals surface area contributed by atoms with Crippen molar-refractivity contribution in [3.63, 3.8) is 0 Å². The van der Waals surface area contributed by atoms with Crippen molar-refractivity contribution >= 4 is 0 Å². The third-order valence-corrected chi connectivity index (χ3v) is 6.04. The van der Waals surface area contributed by atoms with E-state index in [1.807, 2.05) is 0 Å². The zero-order valence-electron chi connectivity index (χ0n) is 16.3. The predicted molar refractivity (Wildman–Crippen MR) is 105 cm³/mol. The first kappa shape index (κ1) is 20.9. The Morgan fingerprint density at radius 3 is 1.32 bits per heavy atom. The van der Waals surface area contributed by atoms with E-state index in [4.69, 9.17) is 0 Å². The van der Waals surface area contributed by atoms with Crippen LogP contribution in [-0.4, -0.2) is 0 Å². The van der Waals surface area contributed by atoms with E-state index in [0.29, 0.717) is 0 Å². The summed E-state index contributed by atoms with van der Waals surface area (Å²) in [6.07, 6.45) is 16.6. The molecule has 0 unspecified atom stereocenters. The molecule has 134 valence electrons. The van der Waals surface area contributed by atoms with E-state index in [1.54, 1.807) is 22.3 Å². The zero-order valence-corrected chi connectivity index (χ0v) is 18.8. The van der Waals surface area contributed by atoms with Gasteiger partial charge in [-0.1, -0.05) is 90.9 Å². The summed E-state index contributed by atoms with van der Waals surface area (Å²) in [4.78, 5) is 0. The standard InChI is InChI=1S/2C12H17.Zr/c2*1-10-8-9-11-6-4-2-3-5-7-12(10)11;/h2*8-9H,2-7H2,1H3;/q2*-1;+2. The molecule has 0 spiro atoms. The van der Waals surface area contributed by atoms with Crippen LogP contribution in [0, 0.1) is 13.8 Å². The molecule has 25 heavy (non-hydrogen) atoms. The van der Waals surface area contributed by atoms with Crippen LogP contribution in [0.4, 0.5) is 0 Å². The van der Waals surface area contributed by atoms with Gasteiger partial charge < -0.3 is 0 Å². The van der Waals surface area contributed by atoms with E-state index in [1.165, 1.54) is 88.2 Å². The molecule has 0 aromatic heterocycles. The molecule has 0 aliphatic heterocycles. The second-order valence-corrected chi connectivity index (χ2v) is 7.87. The summed E-state index contributed by atoms with van der Waals surface area (Å²) >= 11 is 0. The zero-order chi connectivity index (χ0) is 16.8. The smallest absolute Gasteiger partial charge is 0.210 e. The van der Waals surface area contributed by atoms with Crippen molar-refractivity contribution in [2.75, 3.05) is 0 Å². The number of hydrogen-bond donors (Lipinski definition) is 0. The van der Waals surface area contributed by atoms with Crippen molar-refractivity contribution in [1.82, 2.24) is 0 Å². The minimum Gasteiger partial charge on any atom is -0.210 e. The first-order valence-corrected chi connectivity index (χ1v) is 10.2. The molecule has 2 aliphatic carbocycles. The van der Waals surface area contributed by atoms with Gasteiger partial charge in [0, 0.05) is 0 Å². The van der Waals surface area contributed by atoms with Crippen LogP contribution in [0.2, 0.25) is 0 Å². The first-order chi connectivity index (χ1) is 11.8. The number of hydrogen-bond acceptors (Lipinski definition) is 0. The Hall–Kier alpha value is -0.417. The average molecular weight is 414 g/mol. The molecule has 0 amide bonds. The normalized spacial score (nSPS) is 17.4. The largest absolute Gasteiger partial charge is 2.00 e. The minimum absolute atomic E-state index is 0. The maximum absolute atomic E-state index is 2.33. The Morgan fingerprint density at radius 1 is 0.560 bits per heavy atom. The molecule has 2 aromatic carbocycles. The number of aryl methyl sites for hydroxylation is 4. The van der Waals surface area contributed by atoms with Gasteiger partial charge in [0.05, 0.1) is 0 Å². The molecule has 2 aromatic rings. The molecule has 4 rings (SSSR count). The van der Waals surface area contributed by atoms with E-state index in [2.05, 4.69) is 38.1 Å². The second kappa shape index (κ2) is 10.7. The molecule has 0 heterocycles. The molecule has 2 aliphatic rings. The molecule has 0 saturated heterocycles. The average Bonchev–Trinajstić information content (AvgIpc) is 3.02. The van der Waals surface area contributed by atoms with Crippen LogP contribution in [0.5, 0.6) is 0 Å². The monoisotopic (exact) mass is 412 g/mol. The van der Waals surface area contributed by atoms with Crippen molar-refractivity contribution < 1.29 is 26.2 Å². The summed E-state index contributed by atoms with van der Waals surface area (Å²) in [5, 5.41) is 0. The molecule has 0 radical (unpaired) electrons. The van der Waals surface area contributed by atoms with Gasteiger partial charge in [-0.05, 0) is 0 Å². The summed E-state index contributed by atoms with van der Waals surface area (Å²) in [6.45, 7) is 4.50. The second-order valence-electron chi connectivity index (χ2n) is 7.87. The van der Waals surface area contributed by atoms with Crippen LogP contribution in [0.1, 0.15) is 84.7 Å². The van der Waals surface area contributed by atoms with Crippen molar-refractivity contribution in [2.45, 2.75) is 90.9 Å². The third-order valence-electron chi connectivity index (χ3n) is 6.04. The molecule has 0 N–H and O–H groups in total. The van der Waals surface area contributed by atoms with Gasteiger partial charge in [0.25, 0.3) is 0 Å². The SMILES string of the molecule is C[c-]1ccc2c1CCCCCC2.C[c-]1ccc2c1CCCCCC2.[Zr+2]. The topological polar surface area (TPSA) is 0 Å². The van der Waals surface area contributed by atoms with Gasteiger partial charge in [-0.2, -0.15) is 45.5 Å². The fourth-order valence-corrected chi connectivity index (χ4v) is 4.49. The Balaban J connectivity index is 0.000000173. The van der Waals surface area contributed by atoms with Crippen LogP contribution in [0.25, 0.3) is 0 Å². The van der Waals surface area contributed by atoms with Gasteiger partial charge in [0.2, 0.25) is 0 Å².